The van der Waals surface area contributed by atoms with Crippen LogP contribution >= 0.6 is 0 Å². The molecule has 1 saturated heterocycles. The number of ether oxygens (including phenoxy) is 2. The number of H-pyrrole nitrogens is 1. The molecule has 1 aromatic carbocycles. The normalized spacial score (nSPS) is 25.9. The quantitative estimate of drug-likeness (QED) is 0.537. The number of aromatic amines is 1. The van der Waals surface area contributed by atoms with Gasteiger partial charge in [0.2, 0.25) is 5.91 Å². The van der Waals surface area contributed by atoms with E-state index in [1.54, 1.807) is 18.1 Å². The van der Waals surface area contributed by atoms with Gasteiger partial charge in [-0.25, -0.2) is 0 Å². The van der Waals surface area contributed by atoms with E-state index in [4.69, 9.17) is 9.47 Å². The number of amides is 2. The van der Waals surface area contributed by atoms with E-state index in [0.29, 0.717) is 24.4 Å². The molecule has 0 bridgehead atoms. The summed E-state index contributed by atoms with van der Waals surface area (Å²) in [6.07, 6.45) is 5.21. The lowest BCUT2D eigenvalue weighted by molar-refractivity contribution is -0.133. The van der Waals surface area contributed by atoms with Crippen LogP contribution in [0, 0.1) is 17.8 Å². The summed E-state index contributed by atoms with van der Waals surface area (Å²) in [5.41, 5.74) is 1.19. The highest BCUT2D eigenvalue weighted by molar-refractivity contribution is 6.02. The lowest BCUT2D eigenvalue weighted by atomic mass is 9.91. The van der Waals surface area contributed by atoms with Gasteiger partial charge in [-0.1, -0.05) is 12.5 Å². The van der Waals surface area contributed by atoms with Crippen LogP contribution in [-0.2, 0) is 19.1 Å². The van der Waals surface area contributed by atoms with Crippen molar-refractivity contribution >= 4 is 34.3 Å². The second-order valence-electron chi connectivity index (χ2n) is 10.6. The highest BCUT2D eigenvalue weighted by Crippen LogP contribution is 2.43. The van der Waals surface area contributed by atoms with E-state index in [9.17, 15) is 19.2 Å². The average Bonchev–Trinajstić information content (AvgIpc) is 3.66. The number of carbonyl (C=O) groups excluding carboxylic acids is 4. The number of carbonyl (C=O) groups is 4. The minimum absolute atomic E-state index is 0.0501. The van der Waals surface area contributed by atoms with Crippen LogP contribution in [0.25, 0.3) is 10.9 Å². The molecule has 0 spiro atoms. The molecular formula is C28H35N3O6. The summed E-state index contributed by atoms with van der Waals surface area (Å²) < 4.78 is 10.5. The zero-order chi connectivity index (χ0) is 26.1. The number of aromatic nitrogens is 1. The summed E-state index contributed by atoms with van der Waals surface area (Å²) in [5, 5.41) is 3.75. The fraction of sp³-hybridized carbons (Fsp3) is 0.571. The first-order chi connectivity index (χ1) is 17.9. The van der Waals surface area contributed by atoms with Crippen LogP contribution < -0.4 is 10.1 Å². The minimum Gasteiger partial charge on any atom is -0.496 e. The molecule has 5 unspecified atom stereocenters. The molecule has 1 aromatic heterocycles. The molecule has 3 aliphatic rings. The van der Waals surface area contributed by atoms with Gasteiger partial charge in [-0.2, -0.15) is 0 Å². The number of Topliss-reactive ketones (excluding diaryl/α,β-unsaturated/α-hetero) is 2. The van der Waals surface area contributed by atoms with E-state index in [-0.39, 0.29) is 54.2 Å². The highest BCUT2D eigenvalue weighted by atomic mass is 16.5. The number of nitrogens with zero attached hydrogens (tertiary/aromatic N) is 1. The molecule has 2 aliphatic carbocycles. The van der Waals surface area contributed by atoms with Gasteiger partial charge in [-0.05, 0) is 62.1 Å². The van der Waals surface area contributed by atoms with Gasteiger partial charge >= 0.3 is 0 Å². The van der Waals surface area contributed by atoms with Gasteiger partial charge in [0.1, 0.15) is 29.9 Å². The molecular weight excluding hydrogens is 474 g/mol. The minimum atomic E-state index is -0.811. The molecule has 9 heteroatoms. The van der Waals surface area contributed by atoms with E-state index in [1.807, 2.05) is 18.2 Å². The lowest BCUT2D eigenvalue weighted by Gasteiger charge is -2.29. The monoisotopic (exact) mass is 509 g/mol. The number of methoxy groups -OCH3 is 2. The Morgan fingerprint density at radius 1 is 1.16 bits per heavy atom. The maximum atomic E-state index is 13.8. The lowest BCUT2D eigenvalue weighted by Crippen LogP contribution is -2.53. The Kier molecular flexibility index (Phi) is 7.33. The zero-order valence-corrected chi connectivity index (χ0v) is 21.5. The largest absolute Gasteiger partial charge is 0.496 e. The number of hydrogen-bond acceptors (Lipinski definition) is 6. The van der Waals surface area contributed by atoms with Crippen molar-refractivity contribution in [2.75, 3.05) is 27.4 Å². The number of likely N-dealkylation sites (tertiary alicyclic amines) is 1. The van der Waals surface area contributed by atoms with Crippen LogP contribution in [0.2, 0.25) is 0 Å². The SMILES string of the molecule is COCC(=O)C(CC1CCCC1=O)NC(=O)C1C2CCCC2CN1C(=O)c1cc2c(OC)cccc2[nH]1. The van der Waals surface area contributed by atoms with Gasteiger partial charge < -0.3 is 24.7 Å². The van der Waals surface area contributed by atoms with Gasteiger partial charge in [0.05, 0.1) is 13.2 Å². The predicted octanol–water partition coefficient (Wildman–Crippen LogP) is 2.88. The van der Waals surface area contributed by atoms with Crippen LogP contribution in [0.5, 0.6) is 5.75 Å². The fourth-order valence-electron chi connectivity index (χ4n) is 6.62. The molecule has 9 nitrogen and oxygen atoms in total. The standard InChI is InChI=1S/C28H35N3O6/c1-36-15-24(33)21(12-16-6-4-10-23(16)32)30-27(34)26-18-8-3-7-17(18)14-31(26)28(35)22-13-19-20(29-22)9-5-11-25(19)37-2/h5,9,11,13,16-18,21,26,29H,3-4,6-8,10,12,14-15H2,1-2H3,(H,30,34). The Bertz CT molecular complexity index is 1210. The third-order valence-corrected chi connectivity index (χ3v) is 8.44. The molecule has 37 heavy (non-hydrogen) atoms. The molecule has 2 saturated carbocycles. The summed E-state index contributed by atoms with van der Waals surface area (Å²) >= 11 is 0. The van der Waals surface area contributed by atoms with Gasteiger partial charge in [0, 0.05) is 36.9 Å². The van der Waals surface area contributed by atoms with Crippen molar-refractivity contribution < 1.29 is 28.7 Å². The molecule has 5 atom stereocenters. The molecule has 2 aromatic rings. The van der Waals surface area contributed by atoms with Crippen molar-refractivity contribution in [1.29, 1.82) is 0 Å². The Morgan fingerprint density at radius 3 is 2.73 bits per heavy atom. The van der Waals surface area contributed by atoms with Crippen LogP contribution in [0.15, 0.2) is 24.3 Å². The third kappa shape index (κ3) is 4.89. The molecule has 0 radical (unpaired) electrons. The summed E-state index contributed by atoms with van der Waals surface area (Å²) in [5.74, 6) is 0.0749. The van der Waals surface area contributed by atoms with Crippen molar-refractivity contribution in [3.8, 4) is 5.75 Å². The number of ketones is 2. The number of rotatable bonds is 9. The Labute approximate surface area is 216 Å². The van der Waals surface area contributed by atoms with Crippen molar-refractivity contribution in [3.63, 3.8) is 0 Å². The molecule has 1 aliphatic heterocycles. The second kappa shape index (κ2) is 10.7. The summed E-state index contributed by atoms with van der Waals surface area (Å²) in [6.45, 7) is 0.369. The molecule has 2 heterocycles. The van der Waals surface area contributed by atoms with Crippen LogP contribution in [0.3, 0.4) is 0 Å². The van der Waals surface area contributed by atoms with Crippen LogP contribution in [0.4, 0.5) is 0 Å². The van der Waals surface area contributed by atoms with Crippen molar-refractivity contribution in [2.24, 2.45) is 17.8 Å². The van der Waals surface area contributed by atoms with E-state index < -0.39 is 12.1 Å². The van der Waals surface area contributed by atoms with E-state index in [1.165, 1.54) is 7.11 Å². The van der Waals surface area contributed by atoms with Gasteiger partial charge in [-0.15, -0.1) is 0 Å². The Hall–Kier alpha value is -3.20. The second-order valence-corrected chi connectivity index (χ2v) is 10.6. The van der Waals surface area contributed by atoms with Crippen molar-refractivity contribution in [2.45, 2.75) is 57.0 Å². The maximum absolute atomic E-state index is 13.8. The number of hydrogen-bond donors (Lipinski definition) is 2. The van der Waals surface area contributed by atoms with Crippen molar-refractivity contribution in [1.82, 2.24) is 15.2 Å². The molecule has 2 N–H and O–H groups in total. The first kappa shape index (κ1) is 25.4. The first-order valence-electron chi connectivity index (χ1n) is 13.2. The molecule has 2 amide bonds. The zero-order valence-electron chi connectivity index (χ0n) is 21.5. The molecule has 5 rings (SSSR count). The van der Waals surface area contributed by atoms with E-state index in [2.05, 4.69) is 10.3 Å². The van der Waals surface area contributed by atoms with Gasteiger partial charge in [-0.3, -0.25) is 19.2 Å². The van der Waals surface area contributed by atoms with Crippen molar-refractivity contribution in [3.05, 3.63) is 30.0 Å². The third-order valence-electron chi connectivity index (χ3n) is 8.44. The number of nitrogens with one attached hydrogen (secondary N) is 2. The van der Waals surface area contributed by atoms with E-state index >= 15 is 0 Å². The van der Waals surface area contributed by atoms with E-state index in [0.717, 1.165) is 43.0 Å². The Morgan fingerprint density at radius 2 is 2.00 bits per heavy atom. The summed E-state index contributed by atoms with van der Waals surface area (Å²) in [4.78, 5) is 57.5. The Balaban J connectivity index is 1.39. The number of fused-ring (bicyclic) bond motifs is 2. The maximum Gasteiger partial charge on any atom is 0.271 e. The van der Waals surface area contributed by atoms with Crippen LogP contribution in [-0.4, -0.2) is 72.7 Å². The van der Waals surface area contributed by atoms with Gasteiger partial charge in [0.25, 0.3) is 5.91 Å². The molecule has 3 fully saturated rings. The summed E-state index contributed by atoms with van der Waals surface area (Å²) in [7, 11) is 3.03. The van der Waals surface area contributed by atoms with Gasteiger partial charge in [0.15, 0.2) is 5.78 Å². The first-order valence-corrected chi connectivity index (χ1v) is 13.2. The average molecular weight is 510 g/mol. The summed E-state index contributed by atoms with van der Waals surface area (Å²) in [6, 6.07) is 5.88. The topological polar surface area (TPSA) is 118 Å². The number of benzene rings is 1. The molecule has 198 valence electrons. The smallest absolute Gasteiger partial charge is 0.271 e. The van der Waals surface area contributed by atoms with Crippen LogP contribution in [0.1, 0.15) is 55.4 Å². The highest BCUT2D eigenvalue weighted by Gasteiger charge is 2.50. The fourth-order valence-corrected chi connectivity index (χ4v) is 6.62. The predicted molar refractivity (Wildman–Crippen MR) is 136 cm³/mol.